The standard InChI is InChI=1S/C14H24N2O4/c1-2-20-11-6-5-9-16(10-11)13(19)15-14(12(17)18)7-3-4-8-14/h11H,2-10H2,1H3,(H,15,19)(H,17,18). The van der Waals surface area contributed by atoms with E-state index >= 15 is 0 Å². The number of piperidine rings is 1. The molecule has 6 heteroatoms. The number of hydrogen-bond donors (Lipinski definition) is 2. The Labute approximate surface area is 119 Å². The van der Waals surface area contributed by atoms with Gasteiger partial charge in [0.2, 0.25) is 0 Å². The summed E-state index contributed by atoms with van der Waals surface area (Å²) in [6.45, 7) is 3.80. The Morgan fingerprint density at radius 2 is 2.05 bits per heavy atom. The summed E-state index contributed by atoms with van der Waals surface area (Å²) in [5.74, 6) is -0.915. The summed E-state index contributed by atoms with van der Waals surface area (Å²) in [6.07, 6.45) is 4.69. The van der Waals surface area contributed by atoms with Crippen LogP contribution in [0.2, 0.25) is 0 Å². The Morgan fingerprint density at radius 1 is 1.35 bits per heavy atom. The van der Waals surface area contributed by atoms with Crippen LogP contribution in [-0.2, 0) is 9.53 Å². The molecule has 20 heavy (non-hydrogen) atoms. The molecule has 1 saturated carbocycles. The molecule has 6 nitrogen and oxygen atoms in total. The Bertz CT molecular complexity index is 364. The molecule has 2 fully saturated rings. The largest absolute Gasteiger partial charge is 0.480 e. The van der Waals surface area contributed by atoms with E-state index < -0.39 is 11.5 Å². The highest BCUT2D eigenvalue weighted by Crippen LogP contribution is 2.30. The predicted molar refractivity (Wildman–Crippen MR) is 73.6 cm³/mol. The molecule has 2 N–H and O–H groups in total. The number of rotatable bonds is 4. The van der Waals surface area contributed by atoms with Crippen LogP contribution in [0.4, 0.5) is 4.79 Å². The molecule has 2 aliphatic rings. The van der Waals surface area contributed by atoms with Crippen molar-refractivity contribution in [1.82, 2.24) is 10.2 Å². The summed E-state index contributed by atoms with van der Waals surface area (Å²) in [6, 6.07) is -0.265. The fraction of sp³-hybridized carbons (Fsp3) is 0.857. The van der Waals surface area contributed by atoms with E-state index in [1.165, 1.54) is 0 Å². The molecule has 1 aliphatic carbocycles. The van der Waals surface area contributed by atoms with E-state index in [1.54, 1.807) is 4.90 Å². The fourth-order valence-corrected chi connectivity index (χ4v) is 3.15. The summed E-state index contributed by atoms with van der Waals surface area (Å²) in [5, 5.41) is 12.1. The summed E-state index contributed by atoms with van der Waals surface area (Å²) >= 11 is 0. The average molecular weight is 284 g/mol. The van der Waals surface area contributed by atoms with Crippen LogP contribution in [0.3, 0.4) is 0 Å². The number of nitrogens with zero attached hydrogens (tertiary/aromatic N) is 1. The molecule has 0 spiro atoms. The SMILES string of the molecule is CCOC1CCCN(C(=O)NC2(C(=O)O)CCCC2)C1. The zero-order chi connectivity index (χ0) is 14.6. The molecule has 2 rings (SSSR count). The number of carbonyl (C=O) groups excluding carboxylic acids is 1. The molecule has 1 aliphatic heterocycles. The van der Waals surface area contributed by atoms with Gasteiger partial charge in [-0.25, -0.2) is 9.59 Å². The van der Waals surface area contributed by atoms with Gasteiger partial charge >= 0.3 is 12.0 Å². The van der Waals surface area contributed by atoms with Crippen molar-refractivity contribution < 1.29 is 19.4 Å². The van der Waals surface area contributed by atoms with E-state index in [-0.39, 0.29) is 12.1 Å². The zero-order valence-corrected chi connectivity index (χ0v) is 12.1. The Hall–Kier alpha value is -1.30. The third kappa shape index (κ3) is 3.23. The molecule has 0 aromatic carbocycles. The normalized spacial score (nSPS) is 25.4. The Kier molecular flexibility index (Phi) is 4.86. The number of amides is 2. The smallest absolute Gasteiger partial charge is 0.329 e. The second-order valence-corrected chi connectivity index (χ2v) is 5.69. The summed E-state index contributed by atoms with van der Waals surface area (Å²) < 4.78 is 5.57. The minimum Gasteiger partial charge on any atom is -0.480 e. The van der Waals surface area contributed by atoms with Crippen molar-refractivity contribution in [2.45, 2.75) is 57.1 Å². The van der Waals surface area contributed by atoms with Gasteiger partial charge in [0.05, 0.1) is 6.10 Å². The van der Waals surface area contributed by atoms with E-state index in [4.69, 9.17) is 4.74 Å². The van der Waals surface area contributed by atoms with Crippen LogP contribution in [0.1, 0.15) is 45.4 Å². The van der Waals surface area contributed by atoms with Gasteiger partial charge in [-0.05, 0) is 32.6 Å². The number of likely N-dealkylation sites (tertiary alicyclic amines) is 1. The first-order valence-corrected chi connectivity index (χ1v) is 7.49. The molecule has 1 unspecified atom stereocenters. The highest BCUT2D eigenvalue weighted by molar-refractivity contribution is 5.86. The number of nitrogens with one attached hydrogen (secondary N) is 1. The number of carbonyl (C=O) groups is 2. The van der Waals surface area contributed by atoms with Crippen molar-refractivity contribution in [2.24, 2.45) is 0 Å². The maximum Gasteiger partial charge on any atom is 0.329 e. The van der Waals surface area contributed by atoms with E-state index in [0.717, 1.165) is 25.7 Å². The Balaban J connectivity index is 1.95. The van der Waals surface area contributed by atoms with Gasteiger partial charge in [0.1, 0.15) is 5.54 Å². The third-order valence-electron chi connectivity index (χ3n) is 4.28. The molecular formula is C14H24N2O4. The summed E-state index contributed by atoms with van der Waals surface area (Å²) in [7, 11) is 0. The van der Waals surface area contributed by atoms with Crippen molar-refractivity contribution in [3.63, 3.8) is 0 Å². The maximum absolute atomic E-state index is 12.3. The third-order valence-corrected chi connectivity index (χ3v) is 4.28. The van der Waals surface area contributed by atoms with Crippen LogP contribution in [-0.4, -0.2) is 53.3 Å². The minimum absolute atomic E-state index is 0.0730. The number of aliphatic carboxylic acids is 1. The van der Waals surface area contributed by atoms with Crippen molar-refractivity contribution in [1.29, 1.82) is 0 Å². The zero-order valence-electron chi connectivity index (χ0n) is 12.1. The molecule has 0 radical (unpaired) electrons. The number of carboxylic acids is 1. The summed E-state index contributed by atoms with van der Waals surface area (Å²) in [4.78, 5) is 25.4. The molecule has 1 atom stereocenters. The number of urea groups is 1. The van der Waals surface area contributed by atoms with Crippen molar-refractivity contribution in [3.05, 3.63) is 0 Å². The lowest BCUT2D eigenvalue weighted by Crippen LogP contribution is -2.58. The van der Waals surface area contributed by atoms with Gasteiger partial charge in [0, 0.05) is 19.7 Å². The second kappa shape index (κ2) is 6.43. The molecule has 1 saturated heterocycles. The first-order chi connectivity index (χ1) is 9.57. The summed E-state index contributed by atoms with van der Waals surface area (Å²) in [5.41, 5.74) is -1.06. The molecule has 0 aromatic rings. The average Bonchev–Trinajstić information content (AvgIpc) is 2.89. The number of hydrogen-bond acceptors (Lipinski definition) is 3. The van der Waals surface area contributed by atoms with E-state index in [9.17, 15) is 14.7 Å². The van der Waals surface area contributed by atoms with Gasteiger partial charge in [-0.2, -0.15) is 0 Å². The van der Waals surface area contributed by atoms with E-state index in [0.29, 0.717) is 32.5 Å². The minimum atomic E-state index is -1.06. The second-order valence-electron chi connectivity index (χ2n) is 5.69. The molecular weight excluding hydrogens is 260 g/mol. The molecule has 1 heterocycles. The van der Waals surface area contributed by atoms with E-state index in [1.807, 2.05) is 6.92 Å². The monoisotopic (exact) mass is 284 g/mol. The quantitative estimate of drug-likeness (QED) is 0.821. The molecule has 114 valence electrons. The van der Waals surface area contributed by atoms with Crippen molar-refractivity contribution in [3.8, 4) is 0 Å². The van der Waals surface area contributed by atoms with Gasteiger partial charge in [0.25, 0.3) is 0 Å². The van der Waals surface area contributed by atoms with Crippen LogP contribution in [0.15, 0.2) is 0 Å². The number of carboxylic acid groups (broad SMARTS) is 1. The highest BCUT2D eigenvalue weighted by atomic mass is 16.5. The van der Waals surface area contributed by atoms with Crippen molar-refractivity contribution in [2.75, 3.05) is 19.7 Å². The van der Waals surface area contributed by atoms with Crippen LogP contribution >= 0.6 is 0 Å². The first kappa shape index (κ1) is 15.1. The highest BCUT2D eigenvalue weighted by Gasteiger charge is 2.43. The number of ether oxygens (including phenoxy) is 1. The van der Waals surface area contributed by atoms with Gasteiger partial charge in [-0.15, -0.1) is 0 Å². The van der Waals surface area contributed by atoms with Crippen LogP contribution < -0.4 is 5.32 Å². The van der Waals surface area contributed by atoms with Gasteiger partial charge in [0.15, 0.2) is 0 Å². The lowest BCUT2D eigenvalue weighted by molar-refractivity contribution is -0.144. The van der Waals surface area contributed by atoms with Gasteiger partial charge < -0.3 is 20.1 Å². The van der Waals surface area contributed by atoms with Gasteiger partial charge in [-0.1, -0.05) is 12.8 Å². The lowest BCUT2D eigenvalue weighted by atomic mass is 9.98. The van der Waals surface area contributed by atoms with E-state index in [2.05, 4.69) is 5.32 Å². The first-order valence-electron chi connectivity index (χ1n) is 7.49. The van der Waals surface area contributed by atoms with Crippen LogP contribution in [0, 0.1) is 0 Å². The van der Waals surface area contributed by atoms with Crippen molar-refractivity contribution >= 4 is 12.0 Å². The predicted octanol–water partition coefficient (Wildman–Crippen LogP) is 1.59. The van der Waals surface area contributed by atoms with Gasteiger partial charge in [-0.3, -0.25) is 0 Å². The van der Waals surface area contributed by atoms with Crippen LogP contribution in [0.5, 0.6) is 0 Å². The fourth-order valence-electron chi connectivity index (χ4n) is 3.15. The Morgan fingerprint density at radius 3 is 2.65 bits per heavy atom. The lowest BCUT2D eigenvalue weighted by Gasteiger charge is -2.35. The molecule has 0 aromatic heterocycles. The van der Waals surface area contributed by atoms with Crippen LogP contribution in [0.25, 0.3) is 0 Å². The molecule has 0 bridgehead atoms. The molecule has 2 amide bonds. The maximum atomic E-state index is 12.3. The topological polar surface area (TPSA) is 78.9 Å².